The van der Waals surface area contributed by atoms with Crippen molar-refractivity contribution < 1.29 is 4.74 Å². The number of nitrogens with one attached hydrogen (secondary N) is 1. The van der Waals surface area contributed by atoms with E-state index in [2.05, 4.69) is 10.3 Å². The Bertz CT molecular complexity index is 337. The van der Waals surface area contributed by atoms with E-state index in [1.54, 1.807) is 0 Å². The van der Waals surface area contributed by atoms with Gasteiger partial charge in [-0.05, 0) is 37.8 Å². The quantitative estimate of drug-likeness (QED) is 0.774. The second kappa shape index (κ2) is 4.38. The number of aromatic nitrogens is 1. The van der Waals surface area contributed by atoms with Crippen LogP contribution in [0.2, 0.25) is 0 Å². The Morgan fingerprint density at radius 1 is 1.53 bits per heavy atom. The zero-order chi connectivity index (χ0) is 10.7. The molecule has 0 aromatic carbocycles. The molecule has 0 saturated heterocycles. The standard InChI is InChI=1S/C11H17N3O/c1-2-15-11-9(12)5-6-10(14-11)13-7-8-3-4-8/h5-6,8H,2-4,7,12H2,1H3,(H,13,14). The molecule has 1 aromatic rings. The highest BCUT2D eigenvalue weighted by molar-refractivity contribution is 5.53. The number of nitrogens with two attached hydrogens (primary N) is 1. The number of hydrogen-bond donors (Lipinski definition) is 2. The van der Waals surface area contributed by atoms with Crippen LogP contribution in [-0.2, 0) is 0 Å². The van der Waals surface area contributed by atoms with Gasteiger partial charge in [0.15, 0.2) is 0 Å². The maximum absolute atomic E-state index is 5.73. The lowest BCUT2D eigenvalue weighted by atomic mass is 10.3. The first kappa shape index (κ1) is 10.1. The van der Waals surface area contributed by atoms with Gasteiger partial charge in [-0.2, -0.15) is 4.98 Å². The van der Waals surface area contributed by atoms with E-state index in [-0.39, 0.29) is 0 Å². The monoisotopic (exact) mass is 207 g/mol. The van der Waals surface area contributed by atoms with Gasteiger partial charge in [0.25, 0.3) is 0 Å². The number of nitrogens with zero attached hydrogens (tertiary/aromatic N) is 1. The SMILES string of the molecule is CCOc1nc(NCC2CC2)ccc1N. The molecule has 0 unspecified atom stereocenters. The van der Waals surface area contributed by atoms with Crippen molar-refractivity contribution in [3.63, 3.8) is 0 Å². The van der Waals surface area contributed by atoms with Crippen LogP contribution in [0.5, 0.6) is 5.88 Å². The van der Waals surface area contributed by atoms with Crippen LogP contribution in [0.3, 0.4) is 0 Å². The lowest BCUT2D eigenvalue weighted by Crippen LogP contribution is -2.07. The predicted octanol–water partition coefficient (Wildman–Crippen LogP) is 1.88. The molecule has 1 aliphatic carbocycles. The minimum absolute atomic E-state index is 0.526. The van der Waals surface area contributed by atoms with Crippen LogP contribution in [0, 0.1) is 5.92 Å². The fourth-order valence-corrected chi connectivity index (χ4v) is 1.37. The van der Waals surface area contributed by atoms with E-state index in [9.17, 15) is 0 Å². The molecule has 4 nitrogen and oxygen atoms in total. The third kappa shape index (κ3) is 2.75. The number of rotatable bonds is 5. The second-order valence-electron chi connectivity index (χ2n) is 3.85. The zero-order valence-corrected chi connectivity index (χ0v) is 8.99. The van der Waals surface area contributed by atoms with Gasteiger partial charge >= 0.3 is 0 Å². The summed E-state index contributed by atoms with van der Waals surface area (Å²) in [4.78, 5) is 4.30. The van der Waals surface area contributed by atoms with Crippen LogP contribution in [0.4, 0.5) is 11.5 Å². The fraction of sp³-hybridized carbons (Fsp3) is 0.545. The van der Waals surface area contributed by atoms with Crippen LogP contribution in [0.1, 0.15) is 19.8 Å². The van der Waals surface area contributed by atoms with Gasteiger partial charge in [0.05, 0.1) is 12.3 Å². The molecule has 4 heteroatoms. The molecule has 0 atom stereocenters. The van der Waals surface area contributed by atoms with E-state index in [4.69, 9.17) is 10.5 Å². The lowest BCUT2D eigenvalue weighted by molar-refractivity contribution is 0.329. The van der Waals surface area contributed by atoms with Crippen molar-refractivity contribution in [2.24, 2.45) is 5.92 Å². The summed E-state index contributed by atoms with van der Waals surface area (Å²) in [6.07, 6.45) is 2.67. The highest BCUT2D eigenvalue weighted by Gasteiger charge is 2.20. The molecule has 1 fully saturated rings. The maximum Gasteiger partial charge on any atom is 0.239 e. The molecule has 15 heavy (non-hydrogen) atoms. The van der Waals surface area contributed by atoms with Crippen LogP contribution in [0.25, 0.3) is 0 Å². The number of pyridine rings is 1. The normalized spacial score (nSPS) is 15.0. The Balaban J connectivity index is 1.99. The van der Waals surface area contributed by atoms with Crippen molar-refractivity contribution in [2.75, 3.05) is 24.2 Å². The zero-order valence-electron chi connectivity index (χ0n) is 8.99. The van der Waals surface area contributed by atoms with Gasteiger partial charge in [0.2, 0.25) is 5.88 Å². The Kier molecular flexibility index (Phi) is 2.94. The highest BCUT2D eigenvalue weighted by atomic mass is 16.5. The molecule has 2 rings (SSSR count). The first-order valence-electron chi connectivity index (χ1n) is 5.42. The first-order chi connectivity index (χ1) is 7.29. The Labute approximate surface area is 89.8 Å². The van der Waals surface area contributed by atoms with Crippen LogP contribution in [-0.4, -0.2) is 18.1 Å². The van der Waals surface area contributed by atoms with Gasteiger partial charge in [0.1, 0.15) is 5.82 Å². The van der Waals surface area contributed by atoms with E-state index in [1.807, 2.05) is 19.1 Å². The summed E-state index contributed by atoms with van der Waals surface area (Å²) in [5, 5.41) is 3.29. The van der Waals surface area contributed by atoms with E-state index in [0.717, 1.165) is 18.3 Å². The minimum atomic E-state index is 0.526. The smallest absolute Gasteiger partial charge is 0.239 e. The Hall–Kier alpha value is -1.45. The molecule has 82 valence electrons. The molecule has 1 aliphatic rings. The van der Waals surface area contributed by atoms with Gasteiger partial charge in [0, 0.05) is 6.54 Å². The second-order valence-corrected chi connectivity index (χ2v) is 3.85. The molecule has 0 aliphatic heterocycles. The van der Waals surface area contributed by atoms with Gasteiger partial charge in [-0.3, -0.25) is 0 Å². The molecule has 0 spiro atoms. The molecule has 1 aromatic heterocycles. The molecule has 0 radical (unpaired) electrons. The summed E-state index contributed by atoms with van der Waals surface area (Å²) < 4.78 is 5.32. The highest BCUT2D eigenvalue weighted by Crippen LogP contribution is 2.29. The van der Waals surface area contributed by atoms with Crippen LogP contribution < -0.4 is 15.8 Å². The largest absolute Gasteiger partial charge is 0.476 e. The van der Waals surface area contributed by atoms with Crippen molar-refractivity contribution in [3.05, 3.63) is 12.1 Å². The molecular formula is C11H17N3O. The molecule has 0 bridgehead atoms. The number of hydrogen-bond acceptors (Lipinski definition) is 4. The third-order valence-electron chi connectivity index (χ3n) is 2.44. The summed E-state index contributed by atoms with van der Waals surface area (Å²) in [6, 6.07) is 3.72. The number of nitrogen functional groups attached to an aromatic ring is 1. The van der Waals surface area contributed by atoms with Gasteiger partial charge in [-0.25, -0.2) is 0 Å². The molecule has 3 N–H and O–H groups in total. The summed E-state index contributed by atoms with van der Waals surface area (Å²) in [5.74, 6) is 2.21. The van der Waals surface area contributed by atoms with E-state index >= 15 is 0 Å². The molecule has 0 amide bonds. The number of anilines is 2. The van der Waals surface area contributed by atoms with Crippen molar-refractivity contribution in [1.82, 2.24) is 4.98 Å². The van der Waals surface area contributed by atoms with Gasteiger partial charge in [-0.15, -0.1) is 0 Å². The van der Waals surface area contributed by atoms with Gasteiger partial charge in [-0.1, -0.05) is 0 Å². The van der Waals surface area contributed by atoms with Crippen LogP contribution >= 0.6 is 0 Å². The van der Waals surface area contributed by atoms with E-state index in [1.165, 1.54) is 12.8 Å². The summed E-state index contributed by atoms with van der Waals surface area (Å²) in [7, 11) is 0. The van der Waals surface area contributed by atoms with E-state index in [0.29, 0.717) is 18.2 Å². The van der Waals surface area contributed by atoms with Crippen molar-refractivity contribution in [2.45, 2.75) is 19.8 Å². The summed E-state index contributed by atoms with van der Waals surface area (Å²) in [5.41, 5.74) is 6.32. The Morgan fingerprint density at radius 2 is 2.33 bits per heavy atom. The summed E-state index contributed by atoms with van der Waals surface area (Å²) in [6.45, 7) is 3.51. The fourth-order valence-electron chi connectivity index (χ4n) is 1.37. The van der Waals surface area contributed by atoms with Crippen molar-refractivity contribution >= 4 is 11.5 Å². The van der Waals surface area contributed by atoms with Crippen LogP contribution in [0.15, 0.2) is 12.1 Å². The molecule has 1 heterocycles. The Morgan fingerprint density at radius 3 is 3.00 bits per heavy atom. The van der Waals surface area contributed by atoms with Crippen molar-refractivity contribution in [3.8, 4) is 5.88 Å². The maximum atomic E-state index is 5.73. The molecular weight excluding hydrogens is 190 g/mol. The third-order valence-corrected chi connectivity index (χ3v) is 2.44. The predicted molar refractivity (Wildman–Crippen MR) is 61.0 cm³/mol. The van der Waals surface area contributed by atoms with Gasteiger partial charge < -0.3 is 15.8 Å². The van der Waals surface area contributed by atoms with E-state index < -0.39 is 0 Å². The average Bonchev–Trinajstić information content (AvgIpc) is 3.03. The minimum Gasteiger partial charge on any atom is -0.476 e. The topological polar surface area (TPSA) is 60.2 Å². The van der Waals surface area contributed by atoms with Crippen molar-refractivity contribution in [1.29, 1.82) is 0 Å². The number of ether oxygens (including phenoxy) is 1. The molecule has 1 saturated carbocycles. The summed E-state index contributed by atoms with van der Waals surface area (Å²) >= 11 is 0. The first-order valence-corrected chi connectivity index (χ1v) is 5.42. The average molecular weight is 207 g/mol. The lowest BCUT2D eigenvalue weighted by Gasteiger charge is -2.09.